The summed E-state index contributed by atoms with van der Waals surface area (Å²) in [6.07, 6.45) is 10.5. The van der Waals surface area contributed by atoms with E-state index in [9.17, 15) is 9.59 Å². The topological polar surface area (TPSA) is 62.7 Å². The number of hydrogen-bond donors (Lipinski definition) is 0. The molecule has 2 aliphatic rings. The number of likely N-dealkylation sites (N-methyl/N-ethyl adjacent to an activating group) is 1. The Balaban J connectivity index is 1.74. The zero-order chi connectivity index (χ0) is 23.2. The Morgan fingerprint density at radius 2 is 1.70 bits per heavy atom. The van der Waals surface area contributed by atoms with Crippen LogP contribution in [-0.4, -0.2) is 52.8 Å². The molecule has 1 aliphatic heterocycles. The van der Waals surface area contributed by atoms with Crippen LogP contribution in [-0.2, 0) is 16.0 Å². The zero-order valence-corrected chi connectivity index (χ0v) is 19.6. The molecule has 1 aromatic heterocycles. The molecule has 0 spiro atoms. The molecule has 6 heteroatoms. The van der Waals surface area contributed by atoms with E-state index in [4.69, 9.17) is 4.74 Å². The summed E-state index contributed by atoms with van der Waals surface area (Å²) in [5.74, 6) is 0.261. The molecule has 0 unspecified atom stereocenters. The highest BCUT2D eigenvalue weighted by Crippen LogP contribution is 2.38. The van der Waals surface area contributed by atoms with Crippen LogP contribution in [0.15, 0.2) is 54.5 Å². The molecule has 0 bridgehead atoms. The highest BCUT2D eigenvalue weighted by Gasteiger charge is 2.45. The molecule has 1 aromatic carbocycles. The summed E-state index contributed by atoms with van der Waals surface area (Å²) in [5.41, 5.74) is 2.82. The first-order chi connectivity index (χ1) is 16.2. The van der Waals surface area contributed by atoms with E-state index >= 15 is 0 Å². The highest BCUT2D eigenvalue weighted by atomic mass is 16.5. The van der Waals surface area contributed by atoms with Gasteiger partial charge in [0, 0.05) is 37.1 Å². The molecule has 33 heavy (non-hydrogen) atoms. The lowest BCUT2D eigenvalue weighted by Crippen LogP contribution is -2.42. The minimum atomic E-state index is -0.186. The molecule has 2 heterocycles. The summed E-state index contributed by atoms with van der Waals surface area (Å²) in [4.78, 5) is 35.4. The Hall–Kier alpha value is -3.15. The number of benzene rings is 1. The largest absolute Gasteiger partial charge is 0.496 e. The van der Waals surface area contributed by atoms with E-state index in [1.807, 2.05) is 43.3 Å². The fourth-order valence-corrected chi connectivity index (χ4v) is 5.01. The lowest BCUT2D eigenvalue weighted by Gasteiger charge is -2.28. The van der Waals surface area contributed by atoms with E-state index < -0.39 is 0 Å². The SMILES string of the molecule is CCN(CCc1ccncc1)C1=C(c2ccccc2OC)C(=O)N(C2CCCCCC2)C1=O. The first-order valence-electron chi connectivity index (χ1n) is 12.0. The van der Waals surface area contributed by atoms with Crippen LogP contribution in [0, 0.1) is 0 Å². The number of methoxy groups -OCH3 is 1. The number of hydrogen-bond acceptors (Lipinski definition) is 5. The summed E-state index contributed by atoms with van der Waals surface area (Å²) in [6.45, 7) is 3.31. The van der Waals surface area contributed by atoms with E-state index in [1.165, 1.54) is 12.8 Å². The Kier molecular flexibility index (Phi) is 7.43. The summed E-state index contributed by atoms with van der Waals surface area (Å²) in [6, 6.07) is 11.4. The van der Waals surface area contributed by atoms with Gasteiger partial charge in [-0.2, -0.15) is 0 Å². The molecule has 0 atom stereocenters. The van der Waals surface area contributed by atoms with Gasteiger partial charge in [-0.25, -0.2) is 0 Å². The Morgan fingerprint density at radius 1 is 1.00 bits per heavy atom. The van der Waals surface area contributed by atoms with Crippen LogP contribution in [0.1, 0.15) is 56.6 Å². The fraction of sp³-hybridized carbons (Fsp3) is 0.444. The van der Waals surface area contributed by atoms with Crippen LogP contribution in [0.2, 0.25) is 0 Å². The minimum Gasteiger partial charge on any atom is -0.496 e. The number of imide groups is 1. The third-order valence-corrected chi connectivity index (χ3v) is 6.77. The molecule has 0 N–H and O–H groups in total. The van der Waals surface area contributed by atoms with Crippen molar-refractivity contribution >= 4 is 17.4 Å². The van der Waals surface area contributed by atoms with Crippen LogP contribution >= 0.6 is 0 Å². The lowest BCUT2D eigenvalue weighted by molar-refractivity contribution is -0.140. The maximum absolute atomic E-state index is 13.9. The van der Waals surface area contributed by atoms with Crippen molar-refractivity contribution in [3.8, 4) is 5.75 Å². The van der Waals surface area contributed by atoms with Crippen LogP contribution in [0.25, 0.3) is 5.57 Å². The first kappa shape index (κ1) is 23.0. The summed E-state index contributed by atoms with van der Waals surface area (Å²) in [5, 5.41) is 0. The van der Waals surface area contributed by atoms with Gasteiger partial charge in [0.2, 0.25) is 0 Å². The smallest absolute Gasteiger partial charge is 0.278 e. The third kappa shape index (κ3) is 4.80. The van der Waals surface area contributed by atoms with Crippen LogP contribution in [0.3, 0.4) is 0 Å². The number of amides is 2. The summed E-state index contributed by atoms with van der Waals surface area (Å²) in [7, 11) is 1.60. The van der Waals surface area contributed by atoms with Crippen LogP contribution in [0.4, 0.5) is 0 Å². The molecule has 1 fully saturated rings. The maximum atomic E-state index is 13.9. The number of pyridine rings is 1. The first-order valence-corrected chi connectivity index (χ1v) is 12.0. The highest BCUT2D eigenvalue weighted by molar-refractivity contribution is 6.36. The molecule has 0 saturated heterocycles. The van der Waals surface area contributed by atoms with Crippen LogP contribution in [0.5, 0.6) is 5.75 Å². The van der Waals surface area contributed by atoms with Crippen molar-refractivity contribution in [2.45, 2.75) is 57.9 Å². The number of carbonyl (C=O) groups is 2. The van der Waals surface area contributed by atoms with Crippen molar-refractivity contribution < 1.29 is 14.3 Å². The minimum absolute atomic E-state index is 0.0337. The summed E-state index contributed by atoms with van der Waals surface area (Å²) >= 11 is 0. The molecule has 4 rings (SSSR count). The van der Waals surface area contributed by atoms with Crippen molar-refractivity contribution in [3.63, 3.8) is 0 Å². The van der Waals surface area contributed by atoms with Crippen molar-refractivity contribution in [1.82, 2.24) is 14.8 Å². The van der Waals surface area contributed by atoms with Gasteiger partial charge < -0.3 is 9.64 Å². The number of carbonyl (C=O) groups excluding carboxylic acids is 2. The predicted octanol–water partition coefficient (Wildman–Crippen LogP) is 4.46. The van der Waals surface area contributed by atoms with Crippen LogP contribution < -0.4 is 4.74 Å². The molecular weight excluding hydrogens is 414 g/mol. The maximum Gasteiger partial charge on any atom is 0.278 e. The average molecular weight is 448 g/mol. The molecule has 174 valence electrons. The second-order valence-corrected chi connectivity index (χ2v) is 8.73. The third-order valence-electron chi connectivity index (χ3n) is 6.77. The van der Waals surface area contributed by atoms with Crippen molar-refractivity contribution in [3.05, 3.63) is 65.6 Å². The molecular formula is C27H33N3O3. The van der Waals surface area contributed by atoms with Gasteiger partial charge >= 0.3 is 0 Å². The normalized spacial score (nSPS) is 17.5. The van der Waals surface area contributed by atoms with E-state index in [1.54, 1.807) is 24.4 Å². The van der Waals surface area contributed by atoms with E-state index in [0.29, 0.717) is 35.7 Å². The van der Waals surface area contributed by atoms with Gasteiger partial charge in [-0.05, 0) is 49.9 Å². The number of nitrogens with zero attached hydrogens (tertiary/aromatic N) is 3. The van der Waals surface area contributed by atoms with Gasteiger partial charge in [-0.1, -0.05) is 43.9 Å². The van der Waals surface area contributed by atoms with Gasteiger partial charge in [-0.3, -0.25) is 19.5 Å². The predicted molar refractivity (Wildman–Crippen MR) is 128 cm³/mol. The number of para-hydroxylation sites is 1. The monoisotopic (exact) mass is 447 g/mol. The van der Waals surface area contributed by atoms with Crippen molar-refractivity contribution in [1.29, 1.82) is 0 Å². The molecule has 2 amide bonds. The average Bonchev–Trinajstić information content (AvgIpc) is 3.01. The van der Waals surface area contributed by atoms with E-state index in [0.717, 1.165) is 37.7 Å². The van der Waals surface area contributed by atoms with Gasteiger partial charge in [0.25, 0.3) is 11.8 Å². The Morgan fingerprint density at radius 3 is 2.36 bits per heavy atom. The molecule has 6 nitrogen and oxygen atoms in total. The number of rotatable bonds is 8. The quantitative estimate of drug-likeness (QED) is 0.442. The van der Waals surface area contributed by atoms with E-state index in [2.05, 4.69) is 9.88 Å². The van der Waals surface area contributed by atoms with Gasteiger partial charge in [0.15, 0.2) is 0 Å². The molecule has 1 saturated carbocycles. The fourth-order valence-electron chi connectivity index (χ4n) is 5.01. The zero-order valence-electron chi connectivity index (χ0n) is 19.6. The molecule has 0 radical (unpaired) electrons. The lowest BCUT2D eigenvalue weighted by atomic mass is 10.0. The second kappa shape index (κ2) is 10.6. The number of aromatic nitrogens is 1. The van der Waals surface area contributed by atoms with Gasteiger partial charge in [-0.15, -0.1) is 0 Å². The standard InChI is InChI=1S/C27H33N3O3/c1-3-29(19-16-20-14-17-28-18-15-20)25-24(22-12-8-9-13-23(22)33-2)26(31)30(27(25)32)21-10-6-4-5-7-11-21/h8-9,12-15,17-18,21H,3-7,10-11,16,19H2,1-2H3. The molecule has 1 aliphatic carbocycles. The van der Waals surface area contributed by atoms with E-state index in [-0.39, 0.29) is 17.9 Å². The van der Waals surface area contributed by atoms with Gasteiger partial charge in [0.05, 0.1) is 12.7 Å². The van der Waals surface area contributed by atoms with Crippen molar-refractivity contribution in [2.24, 2.45) is 0 Å². The summed E-state index contributed by atoms with van der Waals surface area (Å²) < 4.78 is 5.59. The second-order valence-electron chi connectivity index (χ2n) is 8.73. The Labute approximate surface area is 196 Å². The molecule has 2 aromatic rings. The van der Waals surface area contributed by atoms with Gasteiger partial charge in [0.1, 0.15) is 11.4 Å². The van der Waals surface area contributed by atoms with Crippen molar-refractivity contribution in [2.75, 3.05) is 20.2 Å². The number of ether oxygens (including phenoxy) is 1. The Bertz CT molecular complexity index is 1010.